The molecule has 0 spiro atoms. The summed E-state index contributed by atoms with van der Waals surface area (Å²) in [4.78, 5) is 18.0. The first-order chi connectivity index (χ1) is 13.8. The van der Waals surface area contributed by atoms with Crippen LogP contribution in [0.15, 0.2) is 65.8 Å². The van der Waals surface area contributed by atoms with E-state index in [4.69, 9.17) is 0 Å². The zero-order chi connectivity index (χ0) is 21.0. The summed E-state index contributed by atoms with van der Waals surface area (Å²) >= 11 is 1.46. The van der Waals surface area contributed by atoms with Gasteiger partial charge in [-0.2, -0.15) is 0 Å². The van der Waals surface area contributed by atoms with Crippen LogP contribution in [0, 0.1) is 5.82 Å². The molecule has 0 radical (unpaired) electrons. The maximum absolute atomic E-state index is 14.4. The van der Waals surface area contributed by atoms with E-state index in [1.54, 1.807) is 35.2 Å². The molecular weight excluding hydrogens is 385 g/mol. The molecule has 1 heterocycles. The van der Waals surface area contributed by atoms with E-state index < -0.39 is 6.04 Å². The molecule has 6 heteroatoms. The summed E-state index contributed by atoms with van der Waals surface area (Å²) in [5.41, 5.74) is 1.74. The second-order valence-corrected chi connectivity index (χ2v) is 9.03. The molecule has 0 aliphatic rings. The molecule has 0 aliphatic heterocycles. The first-order valence-corrected chi connectivity index (χ1v) is 10.5. The van der Waals surface area contributed by atoms with Gasteiger partial charge >= 0.3 is 0 Å². The molecule has 1 N–H and O–H groups in total. The number of benzene rings is 2. The number of rotatable bonds is 6. The van der Waals surface area contributed by atoms with Gasteiger partial charge in [0, 0.05) is 29.9 Å². The van der Waals surface area contributed by atoms with Gasteiger partial charge in [0.2, 0.25) is 5.91 Å². The van der Waals surface area contributed by atoms with Crippen molar-refractivity contribution < 1.29 is 9.18 Å². The standard InChI is InChI=1S/C23H26FN3OS/c1-23(2,3)16-9-11-17(12-10-16)29-15-20(28)26-21(22-25-13-14-27(22)4)18-7-5-6-8-19(18)24/h5-14,21H,15H2,1-4H3,(H,26,28)/t21-/m0/s1. The van der Waals surface area contributed by atoms with E-state index >= 15 is 0 Å². The van der Waals surface area contributed by atoms with Crippen LogP contribution in [-0.4, -0.2) is 21.2 Å². The van der Waals surface area contributed by atoms with Crippen molar-refractivity contribution in [3.05, 3.63) is 83.7 Å². The van der Waals surface area contributed by atoms with Gasteiger partial charge in [0.25, 0.3) is 0 Å². The van der Waals surface area contributed by atoms with Gasteiger partial charge in [-0.1, -0.05) is 51.1 Å². The second-order valence-electron chi connectivity index (χ2n) is 7.98. The van der Waals surface area contributed by atoms with Gasteiger partial charge in [-0.05, 0) is 29.2 Å². The summed E-state index contributed by atoms with van der Waals surface area (Å²) in [6, 6.07) is 14.1. The molecule has 1 atom stereocenters. The van der Waals surface area contributed by atoms with Crippen molar-refractivity contribution in [1.29, 1.82) is 0 Å². The van der Waals surface area contributed by atoms with Crippen molar-refractivity contribution in [1.82, 2.24) is 14.9 Å². The van der Waals surface area contributed by atoms with E-state index in [0.29, 0.717) is 11.4 Å². The van der Waals surface area contributed by atoms with Crippen molar-refractivity contribution in [2.24, 2.45) is 7.05 Å². The summed E-state index contributed by atoms with van der Waals surface area (Å²) in [6.07, 6.45) is 3.42. The van der Waals surface area contributed by atoms with Gasteiger partial charge < -0.3 is 9.88 Å². The number of carbonyl (C=O) groups excluding carboxylic acids is 1. The molecule has 152 valence electrons. The highest BCUT2D eigenvalue weighted by Gasteiger charge is 2.23. The van der Waals surface area contributed by atoms with Crippen LogP contribution in [0.3, 0.4) is 0 Å². The Kier molecular flexibility index (Phi) is 6.42. The van der Waals surface area contributed by atoms with Gasteiger partial charge in [-0.25, -0.2) is 9.37 Å². The number of aryl methyl sites for hydroxylation is 1. The Morgan fingerprint density at radius 1 is 1.17 bits per heavy atom. The van der Waals surface area contributed by atoms with E-state index in [1.807, 2.05) is 19.2 Å². The number of thioether (sulfide) groups is 1. The van der Waals surface area contributed by atoms with Crippen molar-refractivity contribution in [2.75, 3.05) is 5.75 Å². The quantitative estimate of drug-likeness (QED) is 0.590. The Morgan fingerprint density at radius 2 is 1.86 bits per heavy atom. The molecule has 3 aromatic rings. The maximum Gasteiger partial charge on any atom is 0.231 e. The van der Waals surface area contributed by atoms with Crippen LogP contribution >= 0.6 is 11.8 Å². The lowest BCUT2D eigenvalue weighted by Crippen LogP contribution is -2.32. The minimum atomic E-state index is -0.646. The van der Waals surface area contributed by atoms with Crippen molar-refractivity contribution >= 4 is 17.7 Å². The summed E-state index contributed by atoms with van der Waals surface area (Å²) < 4.78 is 16.2. The smallest absolute Gasteiger partial charge is 0.231 e. The SMILES string of the molecule is Cn1ccnc1[C@@H](NC(=O)CSc1ccc(C(C)(C)C)cc1)c1ccccc1F. The molecule has 3 rings (SSSR count). The number of hydrogen-bond acceptors (Lipinski definition) is 3. The molecule has 1 amide bonds. The molecular formula is C23H26FN3OS. The number of carbonyl (C=O) groups is 1. The lowest BCUT2D eigenvalue weighted by molar-refractivity contribution is -0.119. The maximum atomic E-state index is 14.4. The summed E-state index contributed by atoms with van der Waals surface area (Å²) in [6.45, 7) is 6.51. The van der Waals surface area contributed by atoms with Crippen molar-refractivity contribution in [2.45, 2.75) is 37.1 Å². The number of imidazole rings is 1. The zero-order valence-electron chi connectivity index (χ0n) is 17.1. The molecule has 0 saturated heterocycles. The molecule has 0 bridgehead atoms. The lowest BCUT2D eigenvalue weighted by Gasteiger charge is -2.20. The van der Waals surface area contributed by atoms with E-state index in [-0.39, 0.29) is 22.9 Å². The monoisotopic (exact) mass is 411 g/mol. The average Bonchev–Trinajstić information content (AvgIpc) is 3.10. The highest BCUT2D eigenvalue weighted by atomic mass is 32.2. The van der Waals surface area contributed by atoms with E-state index in [1.165, 1.54) is 23.4 Å². The van der Waals surface area contributed by atoms with Crippen molar-refractivity contribution in [3.8, 4) is 0 Å². The average molecular weight is 412 g/mol. The van der Waals surface area contributed by atoms with Crippen LogP contribution in [0.4, 0.5) is 4.39 Å². The largest absolute Gasteiger partial charge is 0.341 e. The number of nitrogens with one attached hydrogen (secondary N) is 1. The lowest BCUT2D eigenvalue weighted by atomic mass is 9.87. The normalized spacial score (nSPS) is 12.6. The zero-order valence-corrected chi connectivity index (χ0v) is 18.0. The third-order valence-electron chi connectivity index (χ3n) is 4.73. The Hall–Kier alpha value is -2.60. The first-order valence-electron chi connectivity index (χ1n) is 9.50. The molecule has 0 unspecified atom stereocenters. The van der Waals surface area contributed by atoms with Gasteiger partial charge in [0.05, 0.1) is 5.75 Å². The van der Waals surface area contributed by atoms with Crippen LogP contribution in [-0.2, 0) is 17.3 Å². The second kappa shape index (κ2) is 8.82. The van der Waals surface area contributed by atoms with Crippen LogP contribution in [0.2, 0.25) is 0 Å². The molecule has 4 nitrogen and oxygen atoms in total. The third-order valence-corrected chi connectivity index (χ3v) is 5.74. The number of aromatic nitrogens is 2. The van der Waals surface area contributed by atoms with Crippen LogP contribution in [0.1, 0.15) is 43.8 Å². The predicted octanol–water partition coefficient (Wildman–Crippen LogP) is 4.85. The number of amides is 1. The minimum absolute atomic E-state index is 0.0929. The van der Waals surface area contributed by atoms with E-state index in [2.05, 4.69) is 43.2 Å². The van der Waals surface area contributed by atoms with Crippen LogP contribution in [0.5, 0.6) is 0 Å². The molecule has 0 aliphatic carbocycles. The van der Waals surface area contributed by atoms with Gasteiger partial charge in [-0.15, -0.1) is 11.8 Å². The Morgan fingerprint density at radius 3 is 2.45 bits per heavy atom. The Bertz CT molecular complexity index is 976. The van der Waals surface area contributed by atoms with Gasteiger partial charge in [0.1, 0.15) is 17.7 Å². The summed E-state index contributed by atoms with van der Waals surface area (Å²) in [5, 5.41) is 2.94. The topological polar surface area (TPSA) is 46.9 Å². The highest BCUT2D eigenvalue weighted by molar-refractivity contribution is 8.00. The van der Waals surface area contributed by atoms with E-state index in [0.717, 1.165) is 4.90 Å². The molecule has 29 heavy (non-hydrogen) atoms. The third kappa shape index (κ3) is 5.26. The van der Waals surface area contributed by atoms with Crippen molar-refractivity contribution in [3.63, 3.8) is 0 Å². The fraction of sp³-hybridized carbons (Fsp3) is 0.304. The fourth-order valence-corrected chi connectivity index (χ4v) is 3.76. The minimum Gasteiger partial charge on any atom is -0.341 e. The Balaban J connectivity index is 1.71. The predicted molar refractivity (Wildman–Crippen MR) is 115 cm³/mol. The highest BCUT2D eigenvalue weighted by Crippen LogP contribution is 2.26. The molecule has 2 aromatic carbocycles. The number of hydrogen-bond donors (Lipinski definition) is 1. The Labute approximate surface area is 175 Å². The summed E-state index contributed by atoms with van der Waals surface area (Å²) in [5.74, 6) is 0.282. The van der Waals surface area contributed by atoms with Crippen LogP contribution in [0.25, 0.3) is 0 Å². The summed E-state index contributed by atoms with van der Waals surface area (Å²) in [7, 11) is 1.83. The first kappa shape index (κ1) is 21.1. The van der Waals surface area contributed by atoms with Gasteiger partial charge in [-0.3, -0.25) is 4.79 Å². The van der Waals surface area contributed by atoms with Gasteiger partial charge in [0.15, 0.2) is 0 Å². The van der Waals surface area contributed by atoms with E-state index in [9.17, 15) is 9.18 Å². The van der Waals surface area contributed by atoms with Crippen LogP contribution < -0.4 is 5.32 Å². The molecule has 0 saturated carbocycles. The molecule has 0 fully saturated rings. The molecule has 1 aromatic heterocycles. The fourth-order valence-electron chi connectivity index (χ4n) is 3.05. The number of halogens is 1. The number of nitrogens with zero attached hydrogens (tertiary/aromatic N) is 2.